The van der Waals surface area contributed by atoms with Crippen LogP contribution in [0, 0.1) is 0 Å². The van der Waals surface area contributed by atoms with Gasteiger partial charge in [-0.1, -0.05) is 26.2 Å². The molecule has 0 bridgehead atoms. The first-order valence-electron chi connectivity index (χ1n) is 6.10. The molecule has 0 aliphatic carbocycles. The van der Waals surface area contributed by atoms with E-state index in [1.54, 1.807) is 0 Å². The van der Waals surface area contributed by atoms with Crippen LogP contribution < -0.4 is 0 Å². The molecular formula is C12H22O3. The summed E-state index contributed by atoms with van der Waals surface area (Å²) >= 11 is 0. The van der Waals surface area contributed by atoms with Crippen LogP contribution in [0.2, 0.25) is 0 Å². The molecule has 0 radical (unpaired) electrons. The van der Waals surface area contributed by atoms with E-state index in [2.05, 4.69) is 6.92 Å². The van der Waals surface area contributed by atoms with Gasteiger partial charge in [-0.05, 0) is 19.3 Å². The van der Waals surface area contributed by atoms with E-state index >= 15 is 0 Å². The summed E-state index contributed by atoms with van der Waals surface area (Å²) < 4.78 is 10.5. The number of carbonyl (C=O) groups is 1. The van der Waals surface area contributed by atoms with Gasteiger partial charge < -0.3 is 9.47 Å². The number of carbonyl (C=O) groups excluding carboxylic acids is 1. The quantitative estimate of drug-likeness (QED) is 0.483. The Morgan fingerprint density at radius 1 is 1.40 bits per heavy atom. The van der Waals surface area contributed by atoms with Gasteiger partial charge in [-0.3, -0.25) is 4.79 Å². The van der Waals surface area contributed by atoms with Crippen molar-refractivity contribution in [3.05, 3.63) is 0 Å². The summed E-state index contributed by atoms with van der Waals surface area (Å²) in [5.74, 6) is -0.0680. The fourth-order valence-corrected chi connectivity index (χ4v) is 1.73. The van der Waals surface area contributed by atoms with Crippen LogP contribution in [0.25, 0.3) is 0 Å². The van der Waals surface area contributed by atoms with E-state index in [-0.39, 0.29) is 12.1 Å². The van der Waals surface area contributed by atoms with Gasteiger partial charge in [-0.15, -0.1) is 0 Å². The van der Waals surface area contributed by atoms with E-state index in [0.717, 1.165) is 32.3 Å². The zero-order valence-electron chi connectivity index (χ0n) is 9.67. The van der Waals surface area contributed by atoms with Gasteiger partial charge in [-0.2, -0.15) is 0 Å². The van der Waals surface area contributed by atoms with Crippen molar-refractivity contribution in [1.82, 2.24) is 0 Å². The summed E-state index contributed by atoms with van der Waals surface area (Å²) in [4.78, 5) is 11.3. The molecule has 88 valence electrons. The molecule has 1 heterocycles. The van der Waals surface area contributed by atoms with Crippen molar-refractivity contribution in [2.24, 2.45) is 0 Å². The van der Waals surface area contributed by atoms with Crippen LogP contribution in [-0.2, 0) is 14.3 Å². The molecule has 0 saturated carbocycles. The molecule has 15 heavy (non-hydrogen) atoms. The third-order valence-corrected chi connectivity index (χ3v) is 2.69. The first kappa shape index (κ1) is 12.5. The lowest BCUT2D eigenvalue weighted by Crippen LogP contribution is -2.17. The molecule has 1 aliphatic heterocycles. The van der Waals surface area contributed by atoms with Gasteiger partial charge >= 0.3 is 5.97 Å². The number of rotatable bonds is 7. The summed E-state index contributed by atoms with van der Waals surface area (Å²) in [7, 11) is 0. The monoisotopic (exact) mass is 214 g/mol. The Morgan fingerprint density at radius 3 is 2.93 bits per heavy atom. The third-order valence-electron chi connectivity index (χ3n) is 2.69. The van der Waals surface area contributed by atoms with Crippen LogP contribution in [0.1, 0.15) is 51.9 Å². The Labute approximate surface area is 92.1 Å². The Balaban J connectivity index is 1.93. The van der Waals surface area contributed by atoms with Gasteiger partial charge in [0.05, 0.1) is 6.10 Å². The highest BCUT2D eigenvalue weighted by Gasteiger charge is 2.17. The van der Waals surface area contributed by atoms with E-state index in [1.165, 1.54) is 12.8 Å². The Bertz CT molecular complexity index is 174. The van der Waals surface area contributed by atoms with E-state index in [1.807, 2.05) is 0 Å². The Hall–Kier alpha value is -0.570. The van der Waals surface area contributed by atoms with Crippen LogP contribution in [0.15, 0.2) is 0 Å². The number of esters is 1. The molecule has 0 N–H and O–H groups in total. The first-order chi connectivity index (χ1) is 7.33. The fourth-order valence-electron chi connectivity index (χ4n) is 1.73. The number of hydrogen-bond acceptors (Lipinski definition) is 3. The normalized spacial score (nSPS) is 20.5. The number of ether oxygens (including phenoxy) is 2. The van der Waals surface area contributed by atoms with Gasteiger partial charge in [0.15, 0.2) is 0 Å². The second kappa shape index (κ2) is 7.69. The molecule has 0 aromatic carbocycles. The summed E-state index contributed by atoms with van der Waals surface area (Å²) in [5.41, 5.74) is 0. The van der Waals surface area contributed by atoms with Crippen molar-refractivity contribution in [1.29, 1.82) is 0 Å². The predicted octanol–water partition coefficient (Wildman–Crippen LogP) is 2.68. The molecule has 1 atom stereocenters. The Kier molecular flexibility index (Phi) is 6.41. The van der Waals surface area contributed by atoms with Crippen molar-refractivity contribution in [3.63, 3.8) is 0 Å². The van der Waals surface area contributed by atoms with Crippen molar-refractivity contribution in [3.8, 4) is 0 Å². The largest absolute Gasteiger partial charge is 0.463 e. The molecular weight excluding hydrogens is 192 g/mol. The van der Waals surface area contributed by atoms with Crippen LogP contribution in [0.4, 0.5) is 0 Å². The van der Waals surface area contributed by atoms with Crippen molar-refractivity contribution >= 4 is 5.97 Å². The van der Waals surface area contributed by atoms with Gasteiger partial charge in [0, 0.05) is 13.0 Å². The van der Waals surface area contributed by atoms with E-state index in [9.17, 15) is 4.79 Å². The van der Waals surface area contributed by atoms with Crippen LogP contribution >= 0.6 is 0 Å². The van der Waals surface area contributed by atoms with Crippen LogP contribution in [0.5, 0.6) is 0 Å². The van der Waals surface area contributed by atoms with Crippen LogP contribution in [0.3, 0.4) is 0 Å². The SMILES string of the molecule is CCCCCCC(=O)OC[C@H]1CCCO1. The van der Waals surface area contributed by atoms with Crippen LogP contribution in [-0.4, -0.2) is 25.3 Å². The lowest BCUT2D eigenvalue weighted by molar-refractivity contribution is -0.147. The molecule has 0 spiro atoms. The van der Waals surface area contributed by atoms with Gasteiger partial charge in [0.2, 0.25) is 0 Å². The van der Waals surface area contributed by atoms with E-state index < -0.39 is 0 Å². The maximum absolute atomic E-state index is 11.3. The molecule has 0 aromatic heterocycles. The standard InChI is InChI=1S/C12H22O3/c1-2-3-4-5-8-12(13)15-10-11-7-6-9-14-11/h11H,2-10H2,1H3/t11-/m1/s1. The number of hydrogen-bond donors (Lipinski definition) is 0. The fraction of sp³-hybridized carbons (Fsp3) is 0.917. The topological polar surface area (TPSA) is 35.5 Å². The highest BCUT2D eigenvalue weighted by Crippen LogP contribution is 2.12. The van der Waals surface area contributed by atoms with Crippen molar-refractivity contribution in [2.75, 3.05) is 13.2 Å². The molecule has 1 fully saturated rings. The van der Waals surface area contributed by atoms with Gasteiger partial charge in [0.25, 0.3) is 0 Å². The van der Waals surface area contributed by atoms with Crippen molar-refractivity contribution in [2.45, 2.75) is 58.0 Å². The summed E-state index contributed by atoms with van der Waals surface area (Å²) in [6.45, 7) is 3.43. The van der Waals surface area contributed by atoms with E-state index in [4.69, 9.17) is 9.47 Å². The smallest absolute Gasteiger partial charge is 0.305 e. The van der Waals surface area contributed by atoms with Crippen molar-refractivity contribution < 1.29 is 14.3 Å². The maximum atomic E-state index is 11.3. The first-order valence-corrected chi connectivity index (χ1v) is 6.10. The summed E-state index contributed by atoms with van der Waals surface area (Å²) in [6.07, 6.45) is 7.34. The Morgan fingerprint density at radius 2 is 2.27 bits per heavy atom. The summed E-state index contributed by atoms with van der Waals surface area (Å²) in [5, 5.41) is 0. The van der Waals surface area contributed by atoms with Gasteiger partial charge in [-0.25, -0.2) is 0 Å². The van der Waals surface area contributed by atoms with Gasteiger partial charge in [0.1, 0.15) is 6.61 Å². The predicted molar refractivity (Wildman–Crippen MR) is 58.7 cm³/mol. The second-order valence-corrected chi connectivity index (χ2v) is 4.13. The molecule has 0 unspecified atom stereocenters. The summed E-state index contributed by atoms with van der Waals surface area (Å²) in [6, 6.07) is 0. The zero-order chi connectivity index (χ0) is 10.9. The maximum Gasteiger partial charge on any atom is 0.305 e. The molecule has 1 rings (SSSR count). The lowest BCUT2D eigenvalue weighted by atomic mass is 10.1. The molecule has 3 nitrogen and oxygen atoms in total. The van der Waals surface area contributed by atoms with E-state index in [0.29, 0.717) is 13.0 Å². The zero-order valence-corrected chi connectivity index (χ0v) is 9.67. The molecule has 1 aliphatic rings. The lowest BCUT2D eigenvalue weighted by Gasteiger charge is -2.09. The minimum Gasteiger partial charge on any atom is -0.463 e. The third kappa shape index (κ3) is 5.78. The average molecular weight is 214 g/mol. The highest BCUT2D eigenvalue weighted by molar-refractivity contribution is 5.69. The number of unbranched alkanes of at least 4 members (excludes halogenated alkanes) is 3. The molecule has 3 heteroatoms. The molecule has 1 saturated heterocycles. The molecule has 0 aromatic rings. The second-order valence-electron chi connectivity index (χ2n) is 4.13. The minimum absolute atomic E-state index is 0.0680. The highest BCUT2D eigenvalue weighted by atomic mass is 16.6. The average Bonchev–Trinajstić information content (AvgIpc) is 2.74. The molecule has 0 amide bonds. The minimum atomic E-state index is -0.0680.